The lowest BCUT2D eigenvalue weighted by molar-refractivity contribution is 0.0784. The highest BCUT2D eigenvalue weighted by atomic mass is 16.5. The van der Waals surface area contributed by atoms with Crippen LogP contribution in [0.15, 0.2) is 36.4 Å². The van der Waals surface area contributed by atoms with Crippen molar-refractivity contribution in [1.82, 2.24) is 4.90 Å². The summed E-state index contributed by atoms with van der Waals surface area (Å²) in [4.78, 5) is 17.1. The van der Waals surface area contributed by atoms with E-state index in [0.717, 1.165) is 43.1 Å². The molecule has 2 aromatic carbocycles. The third kappa shape index (κ3) is 4.22. The Morgan fingerprint density at radius 1 is 1.11 bits per heavy atom. The number of amides is 1. The van der Waals surface area contributed by atoms with Crippen LogP contribution in [0, 0.1) is 6.92 Å². The maximum Gasteiger partial charge on any atom is 0.254 e. The molecule has 1 aliphatic heterocycles. The second-order valence-corrected chi connectivity index (χ2v) is 6.90. The molecule has 0 unspecified atom stereocenters. The summed E-state index contributed by atoms with van der Waals surface area (Å²) in [5.74, 6) is 1.21. The summed E-state index contributed by atoms with van der Waals surface area (Å²) in [6.07, 6.45) is 0. The number of carbonyl (C=O) groups is 1. The molecule has 1 saturated heterocycles. The van der Waals surface area contributed by atoms with E-state index in [1.165, 1.54) is 0 Å². The Kier molecular flexibility index (Phi) is 6.41. The van der Waals surface area contributed by atoms with E-state index < -0.39 is 0 Å². The number of para-hydroxylation sites is 1. The number of anilines is 1. The van der Waals surface area contributed by atoms with Gasteiger partial charge in [0.2, 0.25) is 0 Å². The van der Waals surface area contributed by atoms with E-state index in [9.17, 15) is 4.79 Å². The van der Waals surface area contributed by atoms with Gasteiger partial charge in [-0.05, 0) is 30.7 Å². The van der Waals surface area contributed by atoms with Crippen LogP contribution in [-0.2, 0) is 11.3 Å². The number of ether oxygens (including phenoxy) is 3. The van der Waals surface area contributed by atoms with E-state index in [0.29, 0.717) is 23.6 Å². The molecule has 150 valence electrons. The molecule has 1 fully saturated rings. The van der Waals surface area contributed by atoms with E-state index in [1.54, 1.807) is 31.3 Å². The largest absolute Gasteiger partial charge is 0.496 e. The zero-order chi connectivity index (χ0) is 20.1. The summed E-state index contributed by atoms with van der Waals surface area (Å²) in [5, 5.41) is 0. The number of hydrogen-bond acceptors (Lipinski definition) is 5. The minimum Gasteiger partial charge on any atom is -0.496 e. The Bertz CT molecular complexity index is 806. The number of carbonyl (C=O) groups excluding carboxylic acids is 1. The van der Waals surface area contributed by atoms with Crippen LogP contribution in [0.2, 0.25) is 0 Å². The standard InChI is InChI=1S/C22H28N2O4/c1-16-20(26-3)13-18(14-21(16)27-4)22(25)23(2)15-17-7-5-6-8-19(17)24-9-11-28-12-10-24/h5-8,13-14H,9-12,15H2,1-4H3. The number of benzene rings is 2. The van der Waals surface area contributed by atoms with Crippen molar-refractivity contribution in [3.63, 3.8) is 0 Å². The van der Waals surface area contributed by atoms with E-state index in [-0.39, 0.29) is 5.91 Å². The van der Waals surface area contributed by atoms with Crippen molar-refractivity contribution in [1.29, 1.82) is 0 Å². The number of morpholine rings is 1. The number of hydrogen-bond donors (Lipinski definition) is 0. The van der Waals surface area contributed by atoms with Gasteiger partial charge in [0.15, 0.2) is 0 Å². The van der Waals surface area contributed by atoms with Crippen molar-refractivity contribution in [2.24, 2.45) is 0 Å². The van der Waals surface area contributed by atoms with E-state index in [1.807, 2.05) is 26.1 Å². The molecule has 1 amide bonds. The SMILES string of the molecule is COc1cc(C(=O)N(C)Cc2ccccc2N2CCOCC2)cc(OC)c1C. The molecule has 6 nitrogen and oxygen atoms in total. The molecular weight excluding hydrogens is 356 g/mol. The Balaban J connectivity index is 1.82. The second-order valence-electron chi connectivity index (χ2n) is 6.90. The van der Waals surface area contributed by atoms with Crippen LogP contribution >= 0.6 is 0 Å². The topological polar surface area (TPSA) is 51.2 Å². The first-order chi connectivity index (χ1) is 13.5. The van der Waals surface area contributed by atoms with Crippen LogP contribution in [0.5, 0.6) is 11.5 Å². The summed E-state index contributed by atoms with van der Waals surface area (Å²) < 4.78 is 16.3. The molecular formula is C22H28N2O4. The van der Waals surface area contributed by atoms with E-state index >= 15 is 0 Å². The lowest BCUT2D eigenvalue weighted by Crippen LogP contribution is -2.37. The minimum absolute atomic E-state index is 0.0756. The monoisotopic (exact) mass is 384 g/mol. The average molecular weight is 384 g/mol. The van der Waals surface area contributed by atoms with Gasteiger partial charge in [0.25, 0.3) is 5.91 Å². The molecule has 1 aliphatic rings. The smallest absolute Gasteiger partial charge is 0.254 e. The van der Waals surface area contributed by atoms with Crippen LogP contribution in [0.4, 0.5) is 5.69 Å². The molecule has 0 radical (unpaired) electrons. The van der Waals surface area contributed by atoms with Gasteiger partial charge in [0.05, 0.1) is 27.4 Å². The first kappa shape index (κ1) is 20.0. The van der Waals surface area contributed by atoms with Crippen molar-refractivity contribution >= 4 is 11.6 Å². The maximum absolute atomic E-state index is 13.1. The fourth-order valence-corrected chi connectivity index (χ4v) is 3.51. The van der Waals surface area contributed by atoms with Crippen LogP contribution in [0.1, 0.15) is 21.5 Å². The fourth-order valence-electron chi connectivity index (χ4n) is 3.51. The van der Waals surface area contributed by atoms with Gasteiger partial charge in [-0.1, -0.05) is 18.2 Å². The highest BCUT2D eigenvalue weighted by molar-refractivity contribution is 5.95. The molecule has 0 spiro atoms. The normalized spacial score (nSPS) is 13.9. The van der Waals surface area contributed by atoms with Crippen molar-refractivity contribution in [2.45, 2.75) is 13.5 Å². The summed E-state index contributed by atoms with van der Waals surface area (Å²) in [5.41, 5.74) is 3.70. The molecule has 28 heavy (non-hydrogen) atoms. The van der Waals surface area contributed by atoms with Gasteiger partial charge in [0, 0.05) is 43.5 Å². The third-order valence-electron chi connectivity index (χ3n) is 5.10. The zero-order valence-corrected chi connectivity index (χ0v) is 17.0. The van der Waals surface area contributed by atoms with Crippen molar-refractivity contribution in [3.05, 3.63) is 53.1 Å². The van der Waals surface area contributed by atoms with Crippen LogP contribution in [0.25, 0.3) is 0 Å². The highest BCUT2D eigenvalue weighted by Crippen LogP contribution is 2.30. The highest BCUT2D eigenvalue weighted by Gasteiger charge is 2.20. The molecule has 0 aliphatic carbocycles. The summed E-state index contributed by atoms with van der Waals surface area (Å²) >= 11 is 0. The molecule has 0 bridgehead atoms. The predicted molar refractivity (Wildman–Crippen MR) is 110 cm³/mol. The number of rotatable bonds is 6. The zero-order valence-electron chi connectivity index (χ0n) is 17.0. The fraction of sp³-hybridized carbons (Fsp3) is 0.409. The van der Waals surface area contributed by atoms with Gasteiger partial charge < -0.3 is 24.0 Å². The Morgan fingerprint density at radius 3 is 2.32 bits per heavy atom. The van der Waals surface area contributed by atoms with E-state index in [2.05, 4.69) is 17.0 Å². The molecule has 6 heteroatoms. The van der Waals surface area contributed by atoms with Crippen molar-refractivity contribution in [3.8, 4) is 11.5 Å². The average Bonchev–Trinajstić information content (AvgIpc) is 2.74. The van der Waals surface area contributed by atoms with Gasteiger partial charge in [0.1, 0.15) is 11.5 Å². The van der Waals surface area contributed by atoms with Gasteiger partial charge >= 0.3 is 0 Å². The third-order valence-corrected chi connectivity index (χ3v) is 5.10. The minimum atomic E-state index is -0.0756. The van der Waals surface area contributed by atoms with E-state index in [4.69, 9.17) is 14.2 Å². The quantitative estimate of drug-likeness (QED) is 0.766. The Morgan fingerprint density at radius 2 is 1.71 bits per heavy atom. The molecule has 0 saturated carbocycles. The molecule has 0 N–H and O–H groups in total. The van der Waals surface area contributed by atoms with Crippen LogP contribution in [0.3, 0.4) is 0 Å². The molecule has 0 atom stereocenters. The molecule has 0 aromatic heterocycles. The number of nitrogens with zero attached hydrogens (tertiary/aromatic N) is 2. The Hall–Kier alpha value is -2.73. The van der Waals surface area contributed by atoms with Crippen molar-refractivity contribution < 1.29 is 19.0 Å². The predicted octanol–water partition coefficient (Wildman–Crippen LogP) is 3.12. The van der Waals surface area contributed by atoms with Crippen molar-refractivity contribution in [2.75, 3.05) is 52.5 Å². The van der Waals surface area contributed by atoms with Gasteiger partial charge in [-0.3, -0.25) is 4.79 Å². The molecule has 3 rings (SSSR count). The molecule has 2 aromatic rings. The summed E-state index contributed by atoms with van der Waals surface area (Å²) in [6, 6.07) is 11.8. The maximum atomic E-state index is 13.1. The first-order valence-electron chi connectivity index (χ1n) is 9.43. The first-order valence-corrected chi connectivity index (χ1v) is 9.43. The van der Waals surface area contributed by atoms with Crippen LogP contribution in [-0.4, -0.2) is 58.4 Å². The Labute approximate surface area is 166 Å². The van der Waals surface area contributed by atoms with Gasteiger partial charge in [-0.2, -0.15) is 0 Å². The summed E-state index contributed by atoms with van der Waals surface area (Å²) in [7, 11) is 5.01. The van der Waals surface area contributed by atoms with Crippen LogP contribution < -0.4 is 14.4 Å². The number of methoxy groups -OCH3 is 2. The second kappa shape index (κ2) is 8.97. The lowest BCUT2D eigenvalue weighted by atomic mass is 10.1. The van der Waals surface area contributed by atoms with Gasteiger partial charge in [-0.25, -0.2) is 0 Å². The molecule has 1 heterocycles. The summed E-state index contributed by atoms with van der Waals surface area (Å²) in [6.45, 7) is 5.61. The van der Waals surface area contributed by atoms with Gasteiger partial charge in [-0.15, -0.1) is 0 Å². The lowest BCUT2D eigenvalue weighted by Gasteiger charge is -2.31.